The lowest BCUT2D eigenvalue weighted by Crippen LogP contribution is -2.27. The second-order valence-corrected chi connectivity index (χ2v) is 7.43. The number of fused-ring (bicyclic) bond motifs is 1. The number of methoxy groups -OCH3 is 1. The van der Waals surface area contributed by atoms with Crippen LogP contribution in [-0.4, -0.2) is 34.5 Å². The van der Waals surface area contributed by atoms with Gasteiger partial charge in [-0.25, -0.2) is 0 Å². The highest BCUT2D eigenvalue weighted by Gasteiger charge is 2.24. The molecule has 1 saturated carbocycles. The van der Waals surface area contributed by atoms with Crippen LogP contribution in [0.5, 0.6) is 11.5 Å². The molecule has 1 aromatic carbocycles. The van der Waals surface area contributed by atoms with Crippen molar-refractivity contribution >= 4 is 16.6 Å². The molecule has 0 amide bonds. The molecule has 0 unspecified atom stereocenters. The lowest BCUT2D eigenvalue weighted by Gasteiger charge is -2.27. The van der Waals surface area contributed by atoms with Crippen molar-refractivity contribution in [2.75, 3.05) is 19.0 Å². The van der Waals surface area contributed by atoms with Crippen LogP contribution in [0.25, 0.3) is 16.5 Å². The van der Waals surface area contributed by atoms with Crippen molar-refractivity contribution in [3.63, 3.8) is 0 Å². The maximum Gasteiger partial charge on any atom is 0.158 e. The Bertz CT molecular complexity index is 1020. The highest BCUT2D eigenvalue weighted by molar-refractivity contribution is 5.98. The molecule has 4 rings (SSSR count). The van der Waals surface area contributed by atoms with Crippen LogP contribution in [0.15, 0.2) is 18.2 Å². The van der Waals surface area contributed by atoms with Crippen LogP contribution in [-0.2, 0) is 0 Å². The zero-order valence-corrected chi connectivity index (χ0v) is 17.3. The average molecular weight is 380 g/mol. The van der Waals surface area contributed by atoms with Crippen molar-refractivity contribution in [3.05, 3.63) is 35.3 Å². The van der Waals surface area contributed by atoms with Crippen molar-refractivity contribution < 1.29 is 9.47 Å². The summed E-state index contributed by atoms with van der Waals surface area (Å²) in [6.45, 7) is 8.90. The lowest BCUT2D eigenvalue weighted by atomic mass is 9.93. The minimum absolute atomic E-state index is 0.503. The summed E-state index contributed by atoms with van der Waals surface area (Å²) in [5.74, 6) is 2.47. The Morgan fingerprint density at radius 3 is 2.50 bits per heavy atom. The van der Waals surface area contributed by atoms with E-state index < -0.39 is 0 Å². The second-order valence-electron chi connectivity index (χ2n) is 7.43. The first-order chi connectivity index (χ1) is 13.5. The molecular weight excluding hydrogens is 352 g/mol. The van der Waals surface area contributed by atoms with E-state index >= 15 is 0 Å². The van der Waals surface area contributed by atoms with E-state index in [0.717, 1.165) is 50.9 Å². The van der Waals surface area contributed by atoms with Crippen LogP contribution in [0.1, 0.15) is 43.3 Å². The molecule has 0 radical (unpaired) electrons. The van der Waals surface area contributed by atoms with Gasteiger partial charge in [0.05, 0.1) is 25.1 Å². The van der Waals surface area contributed by atoms with Gasteiger partial charge in [0.1, 0.15) is 11.5 Å². The summed E-state index contributed by atoms with van der Waals surface area (Å²) in [5.41, 5.74) is 4.21. The molecule has 0 spiro atoms. The van der Waals surface area contributed by atoms with Gasteiger partial charge in [-0.1, -0.05) is 0 Å². The number of ether oxygens (including phenoxy) is 2. The average Bonchev–Trinajstić information content (AvgIpc) is 2.92. The zero-order valence-electron chi connectivity index (χ0n) is 17.3. The molecule has 28 heavy (non-hydrogen) atoms. The molecule has 6 nitrogen and oxygen atoms in total. The van der Waals surface area contributed by atoms with Gasteiger partial charge in [0, 0.05) is 34.3 Å². The fourth-order valence-electron chi connectivity index (χ4n) is 4.10. The van der Waals surface area contributed by atoms with E-state index in [1.165, 1.54) is 19.3 Å². The van der Waals surface area contributed by atoms with E-state index in [1.807, 2.05) is 26.0 Å². The molecule has 2 aromatic heterocycles. The number of nitrogens with zero attached hydrogens (tertiary/aromatic N) is 3. The topological polar surface area (TPSA) is 61.2 Å². The van der Waals surface area contributed by atoms with Gasteiger partial charge in [-0.2, -0.15) is 5.10 Å². The molecule has 2 heterocycles. The third-order valence-electron chi connectivity index (χ3n) is 5.69. The first kappa shape index (κ1) is 18.6. The molecule has 0 atom stereocenters. The SMILES string of the molecule is CCOc1ccc(-n2c(C)c3c(C)nnc(NC4CCC4)c3c2C)c(OC)c1. The van der Waals surface area contributed by atoms with E-state index in [0.29, 0.717) is 12.6 Å². The summed E-state index contributed by atoms with van der Waals surface area (Å²) in [7, 11) is 1.69. The summed E-state index contributed by atoms with van der Waals surface area (Å²) in [5, 5.41) is 14.8. The monoisotopic (exact) mass is 380 g/mol. The smallest absolute Gasteiger partial charge is 0.158 e. The Morgan fingerprint density at radius 1 is 1.11 bits per heavy atom. The second kappa shape index (κ2) is 7.34. The van der Waals surface area contributed by atoms with Crippen molar-refractivity contribution in [2.24, 2.45) is 0 Å². The third kappa shape index (κ3) is 2.97. The summed E-state index contributed by atoms with van der Waals surface area (Å²) in [6, 6.07) is 6.49. The van der Waals surface area contributed by atoms with Crippen molar-refractivity contribution in [1.29, 1.82) is 0 Å². The van der Waals surface area contributed by atoms with E-state index in [9.17, 15) is 0 Å². The standard InChI is InChI=1S/C22H28N4O2/c1-6-28-17-10-11-18(19(12-17)27-5)26-14(3)20-13(2)24-25-22(21(20)15(26)4)23-16-8-7-9-16/h10-12,16H,6-9H2,1-5H3,(H,23,25). The number of benzene rings is 1. The summed E-state index contributed by atoms with van der Waals surface area (Å²) >= 11 is 0. The normalized spacial score (nSPS) is 14.2. The Morgan fingerprint density at radius 2 is 1.86 bits per heavy atom. The van der Waals surface area contributed by atoms with Crippen LogP contribution in [0.3, 0.4) is 0 Å². The Kier molecular flexibility index (Phi) is 4.87. The van der Waals surface area contributed by atoms with E-state index in [4.69, 9.17) is 9.47 Å². The minimum Gasteiger partial charge on any atom is -0.494 e. The summed E-state index contributed by atoms with van der Waals surface area (Å²) in [4.78, 5) is 0. The molecule has 0 saturated heterocycles. The van der Waals surface area contributed by atoms with Gasteiger partial charge in [0.25, 0.3) is 0 Å². The maximum absolute atomic E-state index is 5.70. The molecule has 6 heteroatoms. The Hall–Kier alpha value is -2.76. The summed E-state index contributed by atoms with van der Waals surface area (Å²) in [6.07, 6.45) is 3.67. The third-order valence-corrected chi connectivity index (χ3v) is 5.69. The molecule has 1 aliphatic carbocycles. The van der Waals surface area contributed by atoms with Gasteiger partial charge >= 0.3 is 0 Å². The first-order valence-electron chi connectivity index (χ1n) is 9.97. The summed E-state index contributed by atoms with van der Waals surface area (Å²) < 4.78 is 13.6. The van der Waals surface area contributed by atoms with E-state index in [2.05, 4.69) is 40.0 Å². The Labute approximate surface area is 165 Å². The van der Waals surface area contributed by atoms with Gasteiger partial charge in [-0.05, 0) is 59.1 Å². The molecular formula is C22H28N4O2. The highest BCUT2D eigenvalue weighted by atomic mass is 16.5. The van der Waals surface area contributed by atoms with E-state index in [-0.39, 0.29) is 0 Å². The molecule has 1 fully saturated rings. The van der Waals surface area contributed by atoms with Gasteiger partial charge in [-0.3, -0.25) is 0 Å². The molecule has 0 bridgehead atoms. The quantitative estimate of drug-likeness (QED) is 0.671. The number of aromatic nitrogens is 3. The van der Waals surface area contributed by atoms with Crippen LogP contribution in [0, 0.1) is 20.8 Å². The number of anilines is 1. The van der Waals surface area contributed by atoms with Crippen molar-refractivity contribution in [3.8, 4) is 17.2 Å². The highest BCUT2D eigenvalue weighted by Crippen LogP contribution is 2.38. The first-order valence-corrected chi connectivity index (χ1v) is 9.97. The fraction of sp³-hybridized carbons (Fsp3) is 0.455. The predicted molar refractivity (Wildman–Crippen MR) is 112 cm³/mol. The van der Waals surface area contributed by atoms with Crippen LogP contribution in [0.4, 0.5) is 5.82 Å². The maximum atomic E-state index is 5.70. The molecule has 3 aromatic rings. The van der Waals surface area contributed by atoms with Crippen LogP contribution < -0.4 is 14.8 Å². The minimum atomic E-state index is 0.503. The van der Waals surface area contributed by atoms with Gasteiger partial charge < -0.3 is 19.4 Å². The zero-order chi connectivity index (χ0) is 19.8. The Balaban J connectivity index is 1.90. The number of hydrogen-bond donors (Lipinski definition) is 1. The van der Waals surface area contributed by atoms with Gasteiger partial charge in [0.15, 0.2) is 5.82 Å². The van der Waals surface area contributed by atoms with Gasteiger partial charge in [0.2, 0.25) is 0 Å². The van der Waals surface area contributed by atoms with Crippen molar-refractivity contribution in [2.45, 2.75) is 53.0 Å². The van der Waals surface area contributed by atoms with E-state index in [1.54, 1.807) is 7.11 Å². The molecule has 1 aliphatic rings. The van der Waals surface area contributed by atoms with Crippen LogP contribution >= 0.6 is 0 Å². The molecule has 1 N–H and O–H groups in total. The predicted octanol–water partition coefficient (Wildman–Crippen LogP) is 4.72. The lowest BCUT2D eigenvalue weighted by molar-refractivity contribution is 0.336. The van der Waals surface area contributed by atoms with Gasteiger partial charge in [-0.15, -0.1) is 5.10 Å². The van der Waals surface area contributed by atoms with Crippen LogP contribution in [0.2, 0.25) is 0 Å². The molecule has 148 valence electrons. The number of rotatable bonds is 6. The van der Waals surface area contributed by atoms with Crippen molar-refractivity contribution in [1.82, 2.24) is 14.8 Å². The number of aryl methyl sites for hydroxylation is 3. The fourth-order valence-corrected chi connectivity index (χ4v) is 4.10. The largest absolute Gasteiger partial charge is 0.494 e. The number of nitrogens with one attached hydrogen (secondary N) is 1. The number of hydrogen-bond acceptors (Lipinski definition) is 5. The molecule has 0 aliphatic heterocycles.